The zero-order valence-corrected chi connectivity index (χ0v) is 22.5. The predicted octanol–water partition coefficient (Wildman–Crippen LogP) is 7.62. The molecule has 0 radical (unpaired) electrons. The molecule has 0 atom stereocenters. The molecular formula is C35H24BN3S. The van der Waals surface area contributed by atoms with E-state index in [9.17, 15) is 0 Å². The fourth-order valence-corrected chi connectivity index (χ4v) is 6.13. The number of rotatable bonds is 6. The quantitative estimate of drug-likeness (QED) is 0.209. The van der Waals surface area contributed by atoms with Gasteiger partial charge in [-0.15, -0.1) is 0 Å². The molecule has 3 heterocycles. The molecule has 0 N–H and O–H groups in total. The number of aromatic nitrogens is 3. The molecule has 0 bridgehead atoms. The van der Waals surface area contributed by atoms with Crippen molar-refractivity contribution in [2.24, 2.45) is 0 Å². The zero-order chi connectivity index (χ0) is 26.7. The lowest BCUT2D eigenvalue weighted by Crippen LogP contribution is -2.32. The molecule has 0 saturated heterocycles. The highest BCUT2D eigenvalue weighted by Gasteiger charge is 2.40. The van der Waals surface area contributed by atoms with Gasteiger partial charge in [-0.25, -0.2) is 0 Å². The van der Waals surface area contributed by atoms with Crippen LogP contribution < -0.4 is 5.46 Å². The molecule has 188 valence electrons. The van der Waals surface area contributed by atoms with Crippen LogP contribution in [0.25, 0.3) is 33.5 Å². The lowest BCUT2D eigenvalue weighted by molar-refractivity contribution is 1.31. The Bertz CT molecular complexity index is 1700. The third-order valence-corrected chi connectivity index (χ3v) is 7.88. The van der Waals surface area contributed by atoms with E-state index in [1.165, 1.54) is 56.1 Å². The van der Waals surface area contributed by atoms with Crippen LogP contribution in [0.4, 0.5) is 0 Å². The molecule has 40 heavy (non-hydrogen) atoms. The average molecular weight is 529 g/mol. The van der Waals surface area contributed by atoms with Crippen LogP contribution in [-0.2, 0) is 0 Å². The van der Waals surface area contributed by atoms with Crippen LogP contribution >= 0.6 is 11.7 Å². The van der Waals surface area contributed by atoms with Gasteiger partial charge in [-0.2, -0.15) is 8.75 Å². The largest absolute Gasteiger partial charge is 0.255 e. The van der Waals surface area contributed by atoms with Gasteiger partial charge in [0.05, 0.1) is 23.6 Å². The Morgan fingerprint density at radius 2 is 0.925 bits per heavy atom. The van der Waals surface area contributed by atoms with Crippen LogP contribution in [0.3, 0.4) is 0 Å². The lowest BCUT2D eigenvalue weighted by Gasteiger charge is -2.18. The van der Waals surface area contributed by atoms with Crippen molar-refractivity contribution in [3.05, 3.63) is 168 Å². The van der Waals surface area contributed by atoms with Crippen molar-refractivity contribution in [3.63, 3.8) is 0 Å². The van der Waals surface area contributed by atoms with Crippen molar-refractivity contribution in [1.82, 2.24) is 13.7 Å². The Balaban J connectivity index is 1.56. The van der Waals surface area contributed by atoms with Crippen molar-refractivity contribution in [3.8, 4) is 11.4 Å². The van der Waals surface area contributed by atoms with Crippen LogP contribution in [0, 0.1) is 0 Å². The van der Waals surface area contributed by atoms with E-state index in [2.05, 4.69) is 142 Å². The van der Waals surface area contributed by atoms with E-state index in [4.69, 9.17) is 4.98 Å². The topological polar surface area (TPSA) is 38.7 Å². The molecule has 0 amide bonds. The van der Waals surface area contributed by atoms with Crippen LogP contribution in [0.1, 0.15) is 22.3 Å². The summed E-state index contributed by atoms with van der Waals surface area (Å²) < 4.78 is 8.56. The monoisotopic (exact) mass is 529 g/mol. The second kappa shape index (κ2) is 10.7. The van der Waals surface area contributed by atoms with Crippen LogP contribution in [0.2, 0.25) is 0 Å². The Morgan fingerprint density at radius 3 is 1.32 bits per heavy atom. The van der Waals surface area contributed by atoms with Crippen molar-refractivity contribution in [2.45, 2.75) is 0 Å². The van der Waals surface area contributed by atoms with E-state index in [1.807, 2.05) is 6.20 Å². The third kappa shape index (κ3) is 4.40. The van der Waals surface area contributed by atoms with Crippen LogP contribution in [-0.4, -0.2) is 20.4 Å². The first-order valence-electron chi connectivity index (χ1n) is 13.3. The molecule has 1 aliphatic rings. The molecule has 2 aromatic heterocycles. The number of nitrogens with zero attached hydrogens (tertiary/aromatic N) is 3. The van der Waals surface area contributed by atoms with Gasteiger partial charge in [0.1, 0.15) is 5.69 Å². The summed E-state index contributed by atoms with van der Waals surface area (Å²) in [6.45, 7) is -0.0229. The van der Waals surface area contributed by atoms with Gasteiger partial charge >= 0.3 is 0 Å². The summed E-state index contributed by atoms with van der Waals surface area (Å²) >= 11 is 1.20. The first kappa shape index (κ1) is 24.2. The highest BCUT2D eigenvalue weighted by molar-refractivity contribution is 7.08. The first-order chi connectivity index (χ1) is 19.9. The normalized spacial score (nSPS) is 13.2. The van der Waals surface area contributed by atoms with Gasteiger partial charge in [-0.1, -0.05) is 144 Å². The van der Waals surface area contributed by atoms with E-state index in [0.29, 0.717) is 0 Å². The summed E-state index contributed by atoms with van der Waals surface area (Å²) in [5.74, 6) is 0. The maximum Gasteiger partial charge on any atom is 0.246 e. The fraction of sp³-hybridized carbons (Fsp3) is 0. The van der Waals surface area contributed by atoms with Crippen molar-refractivity contribution in [1.29, 1.82) is 0 Å². The maximum atomic E-state index is 4.88. The summed E-state index contributed by atoms with van der Waals surface area (Å²) in [4.78, 5) is 4.88. The van der Waals surface area contributed by atoms with E-state index in [-0.39, 0.29) is 6.71 Å². The Labute approximate surface area is 238 Å². The molecule has 0 fully saturated rings. The SMILES string of the molecule is c1ccc(C2=C(c3ccccc3)C(c3ccccc3)=C(c3ccccc3)B2c2ccc(-c3cnsn3)nc2)cc1. The summed E-state index contributed by atoms with van der Waals surface area (Å²) in [5, 5.41) is 0. The highest BCUT2D eigenvalue weighted by atomic mass is 32.1. The second-order valence-electron chi connectivity index (χ2n) is 9.74. The zero-order valence-electron chi connectivity index (χ0n) is 21.7. The van der Waals surface area contributed by atoms with E-state index < -0.39 is 0 Å². The van der Waals surface area contributed by atoms with Crippen LogP contribution in [0.5, 0.6) is 0 Å². The molecule has 1 aliphatic heterocycles. The number of hydrogen-bond acceptors (Lipinski definition) is 4. The Hall–Kier alpha value is -4.87. The smallest absolute Gasteiger partial charge is 0.246 e. The number of benzene rings is 4. The minimum absolute atomic E-state index is 0.0229. The highest BCUT2D eigenvalue weighted by Crippen LogP contribution is 2.50. The van der Waals surface area contributed by atoms with E-state index in [1.54, 1.807) is 6.20 Å². The molecule has 0 spiro atoms. The van der Waals surface area contributed by atoms with Gasteiger partial charge in [-0.3, -0.25) is 4.98 Å². The fourth-order valence-electron chi connectivity index (χ4n) is 5.71. The van der Waals surface area contributed by atoms with E-state index in [0.717, 1.165) is 16.9 Å². The Kier molecular flexibility index (Phi) is 6.48. The summed E-state index contributed by atoms with van der Waals surface area (Å²) in [5.41, 5.74) is 12.7. The second-order valence-corrected chi connectivity index (χ2v) is 10.3. The summed E-state index contributed by atoms with van der Waals surface area (Å²) in [6, 6.07) is 47.4. The number of hydrogen-bond donors (Lipinski definition) is 0. The molecular weight excluding hydrogens is 505 g/mol. The minimum atomic E-state index is -0.0229. The van der Waals surface area contributed by atoms with Gasteiger partial charge in [0.25, 0.3) is 0 Å². The first-order valence-corrected chi connectivity index (χ1v) is 14.1. The van der Waals surface area contributed by atoms with Gasteiger partial charge < -0.3 is 0 Å². The molecule has 0 unspecified atom stereocenters. The molecule has 0 aliphatic carbocycles. The molecule has 5 heteroatoms. The van der Waals surface area contributed by atoms with E-state index >= 15 is 0 Å². The molecule has 3 nitrogen and oxygen atoms in total. The van der Waals surface area contributed by atoms with Gasteiger partial charge in [-0.05, 0) is 39.5 Å². The van der Waals surface area contributed by atoms with Gasteiger partial charge in [0.15, 0.2) is 0 Å². The molecule has 0 saturated carbocycles. The van der Waals surface area contributed by atoms with Crippen LogP contribution in [0.15, 0.2) is 146 Å². The number of pyridine rings is 1. The lowest BCUT2D eigenvalue weighted by atomic mass is 9.35. The minimum Gasteiger partial charge on any atom is -0.255 e. The summed E-state index contributed by atoms with van der Waals surface area (Å²) in [6.07, 6.45) is 3.79. The summed E-state index contributed by atoms with van der Waals surface area (Å²) in [7, 11) is 0. The Morgan fingerprint density at radius 1 is 0.450 bits per heavy atom. The maximum absolute atomic E-state index is 4.88. The molecule has 4 aromatic carbocycles. The number of allylic oxidation sites excluding steroid dienone is 2. The van der Waals surface area contributed by atoms with Crippen molar-refractivity contribution in [2.75, 3.05) is 0 Å². The van der Waals surface area contributed by atoms with Gasteiger partial charge in [0.2, 0.25) is 6.71 Å². The molecule has 7 rings (SSSR count). The average Bonchev–Trinajstić information content (AvgIpc) is 3.70. The predicted molar refractivity (Wildman–Crippen MR) is 168 cm³/mol. The van der Waals surface area contributed by atoms with Crippen molar-refractivity contribution >= 4 is 46.0 Å². The van der Waals surface area contributed by atoms with Crippen molar-refractivity contribution < 1.29 is 0 Å². The standard InChI is InChI=1S/C35H24BN3S/c1-5-13-25(14-6-1)32-33(26-15-7-2-8-16-26)35(28-19-11-4-12-20-28)36(34(32)27-17-9-3-10-18-27)29-21-22-30(37-23-29)31-24-38-40-39-31/h1-24H. The molecule has 6 aromatic rings. The van der Waals surface area contributed by atoms with Gasteiger partial charge in [0, 0.05) is 6.20 Å². The third-order valence-electron chi connectivity index (χ3n) is 7.40.